The number of hydrogen-bond donors (Lipinski definition) is 0. The van der Waals surface area contributed by atoms with Gasteiger partial charge in [-0.1, -0.05) is 24.5 Å². The van der Waals surface area contributed by atoms with Gasteiger partial charge in [-0.05, 0) is 6.08 Å². The monoisotopic (exact) mass is 119 g/mol. The van der Waals surface area contributed by atoms with Crippen LogP contribution in [0.5, 0.6) is 0 Å². The predicted octanol–water partition coefficient (Wildman–Crippen LogP) is 1.39. The van der Waals surface area contributed by atoms with Gasteiger partial charge in [-0.15, -0.1) is 0 Å². The summed E-state index contributed by atoms with van der Waals surface area (Å²) < 4.78 is 0. The molecule has 0 aromatic carbocycles. The summed E-state index contributed by atoms with van der Waals surface area (Å²) in [6.07, 6.45) is 5.79. The van der Waals surface area contributed by atoms with Gasteiger partial charge >= 0.3 is 0 Å². The van der Waals surface area contributed by atoms with Crippen molar-refractivity contribution in [3.63, 3.8) is 0 Å². The lowest BCUT2D eigenvalue weighted by Gasteiger charge is -1.89. The molecule has 0 rings (SSSR count). The van der Waals surface area contributed by atoms with Crippen LogP contribution in [0.1, 0.15) is 0 Å². The number of hydrogen-bond acceptors (Lipinski definition) is 1. The van der Waals surface area contributed by atoms with Crippen molar-refractivity contribution in [2.75, 3.05) is 7.05 Å². The maximum atomic E-state index is 5.32. The topological polar surface area (TPSA) is 12.4 Å². The maximum Gasteiger partial charge on any atom is 0.0716 e. The molecule has 0 saturated carbocycles. The first-order valence-corrected chi connectivity index (χ1v) is 2.79. The number of rotatable bonds is 3. The average molecular weight is 119 g/mol. The van der Waals surface area contributed by atoms with Gasteiger partial charge in [0.15, 0.2) is 0 Å². The Morgan fingerprint density at radius 1 is 1.78 bits per heavy atom. The molecule has 2 radical (unpaired) electrons. The number of allylic oxidation sites excluding steroid dienone is 3. The summed E-state index contributed by atoms with van der Waals surface area (Å²) in [7, 11) is 7.04. The summed E-state index contributed by atoms with van der Waals surface area (Å²) >= 11 is 0. The molecule has 0 aliphatic rings. The summed E-state index contributed by atoms with van der Waals surface area (Å²) in [6, 6.07) is 0. The Kier molecular flexibility index (Phi) is 4.89. The van der Waals surface area contributed by atoms with E-state index in [0.717, 1.165) is 5.57 Å². The molecule has 0 saturated heterocycles. The van der Waals surface area contributed by atoms with Gasteiger partial charge in [0.2, 0.25) is 0 Å². The largest absolute Gasteiger partial charge is 0.297 e. The zero-order chi connectivity index (χ0) is 7.11. The molecular weight excluding hydrogens is 109 g/mol. The van der Waals surface area contributed by atoms with Crippen molar-refractivity contribution in [3.05, 3.63) is 24.3 Å². The fourth-order valence-corrected chi connectivity index (χ4v) is 0.390. The van der Waals surface area contributed by atoms with E-state index in [1.165, 1.54) is 0 Å². The molecule has 2 heteroatoms. The van der Waals surface area contributed by atoms with Gasteiger partial charge in [-0.25, -0.2) is 0 Å². The van der Waals surface area contributed by atoms with Crippen LogP contribution in [0.3, 0.4) is 0 Å². The van der Waals surface area contributed by atoms with Crippen LogP contribution in [0, 0.1) is 0 Å². The van der Waals surface area contributed by atoms with E-state index in [0.29, 0.717) is 6.32 Å². The maximum absolute atomic E-state index is 5.32. The molecular formula is C7H10BN. The standard InChI is InChI=1S/C7H10BN/c1-3-7(6-8)4-5-9-2/h3-5H,1,6H2,2H3/b7-4+,9-5?. The smallest absolute Gasteiger partial charge is 0.0716 e. The molecule has 0 N–H and O–H groups in total. The highest BCUT2D eigenvalue weighted by Crippen LogP contribution is 1.96. The van der Waals surface area contributed by atoms with Gasteiger partial charge in [-0.2, -0.15) is 0 Å². The molecule has 0 aromatic heterocycles. The van der Waals surface area contributed by atoms with E-state index in [-0.39, 0.29) is 0 Å². The molecule has 0 heterocycles. The summed E-state index contributed by atoms with van der Waals surface area (Å²) in [5.74, 6) is 0. The van der Waals surface area contributed by atoms with Crippen LogP contribution in [0.25, 0.3) is 0 Å². The summed E-state index contributed by atoms with van der Waals surface area (Å²) in [4.78, 5) is 3.77. The second kappa shape index (κ2) is 5.35. The van der Waals surface area contributed by atoms with Crippen molar-refractivity contribution in [1.82, 2.24) is 0 Å². The van der Waals surface area contributed by atoms with E-state index in [1.54, 1.807) is 19.3 Å². The molecule has 0 amide bonds. The highest BCUT2D eigenvalue weighted by molar-refractivity contribution is 6.10. The highest BCUT2D eigenvalue weighted by Gasteiger charge is 1.80. The zero-order valence-electron chi connectivity index (χ0n) is 5.67. The first kappa shape index (κ1) is 8.21. The highest BCUT2D eigenvalue weighted by atomic mass is 14.6. The average Bonchev–Trinajstić information content (AvgIpc) is 1.91. The van der Waals surface area contributed by atoms with Gasteiger partial charge < -0.3 is 0 Å². The van der Waals surface area contributed by atoms with Gasteiger partial charge in [0.05, 0.1) is 7.85 Å². The van der Waals surface area contributed by atoms with Crippen LogP contribution in [0.15, 0.2) is 29.3 Å². The third kappa shape index (κ3) is 3.77. The third-order valence-corrected chi connectivity index (χ3v) is 0.936. The van der Waals surface area contributed by atoms with E-state index in [1.807, 2.05) is 6.08 Å². The Morgan fingerprint density at radius 2 is 2.44 bits per heavy atom. The third-order valence-electron chi connectivity index (χ3n) is 0.936. The first-order chi connectivity index (χ1) is 4.35. The quantitative estimate of drug-likeness (QED) is 0.302. The normalized spacial score (nSPS) is 12.3. The number of nitrogens with zero attached hydrogens (tertiary/aromatic N) is 1. The minimum absolute atomic E-state index is 0.523. The fraction of sp³-hybridized carbons (Fsp3) is 0.286. The Labute approximate surface area is 57.6 Å². The number of aliphatic imine (C=N–C) groups is 1. The van der Waals surface area contributed by atoms with Crippen LogP contribution in [-0.4, -0.2) is 21.1 Å². The van der Waals surface area contributed by atoms with E-state index < -0.39 is 0 Å². The van der Waals surface area contributed by atoms with Gasteiger partial charge in [0, 0.05) is 13.3 Å². The lowest BCUT2D eigenvalue weighted by Crippen LogP contribution is -1.76. The first-order valence-electron chi connectivity index (χ1n) is 2.79. The van der Waals surface area contributed by atoms with Crippen LogP contribution >= 0.6 is 0 Å². The minimum atomic E-state index is 0.523. The van der Waals surface area contributed by atoms with Crippen LogP contribution in [0.2, 0.25) is 6.32 Å². The van der Waals surface area contributed by atoms with Crippen molar-refractivity contribution >= 4 is 14.1 Å². The van der Waals surface area contributed by atoms with Crippen molar-refractivity contribution in [2.24, 2.45) is 4.99 Å². The molecule has 1 nitrogen and oxygen atoms in total. The molecule has 0 aromatic rings. The Morgan fingerprint density at radius 3 is 2.78 bits per heavy atom. The van der Waals surface area contributed by atoms with Crippen molar-refractivity contribution in [1.29, 1.82) is 0 Å². The van der Waals surface area contributed by atoms with Crippen LogP contribution in [-0.2, 0) is 0 Å². The van der Waals surface area contributed by atoms with Crippen molar-refractivity contribution in [2.45, 2.75) is 6.32 Å². The molecule has 0 bridgehead atoms. The zero-order valence-corrected chi connectivity index (χ0v) is 5.67. The van der Waals surface area contributed by atoms with E-state index in [4.69, 9.17) is 7.85 Å². The van der Waals surface area contributed by atoms with Crippen molar-refractivity contribution in [3.8, 4) is 0 Å². The molecule has 0 aliphatic carbocycles. The van der Waals surface area contributed by atoms with Crippen molar-refractivity contribution < 1.29 is 0 Å². The van der Waals surface area contributed by atoms with Crippen LogP contribution in [0.4, 0.5) is 0 Å². The van der Waals surface area contributed by atoms with E-state index >= 15 is 0 Å². The minimum Gasteiger partial charge on any atom is -0.297 e. The second-order valence-corrected chi connectivity index (χ2v) is 1.56. The van der Waals surface area contributed by atoms with Gasteiger partial charge in [-0.3, -0.25) is 4.99 Å². The lowest BCUT2D eigenvalue weighted by atomic mass is 9.97. The Hall–Kier alpha value is -0.785. The van der Waals surface area contributed by atoms with Gasteiger partial charge in [0.1, 0.15) is 0 Å². The summed E-state index contributed by atoms with van der Waals surface area (Å²) in [5.41, 5.74) is 1.00. The van der Waals surface area contributed by atoms with Crippen LogP contribution < -0.4 is 0 Å². The molecule has 0 aliphatic heterocycles. The predicted molar refractivity (Wildman–Crippen MR) is 43.3 cm³/mol. The fourth-order valence-electron chi connectivity index (χ4n) is 0.390. The molecule has 0 spiro atoms. The van der Waals surface area contributed by atoms with E-state index in [9.17, 15) is 0 Å². The molecule has 0 atom stereocenters. The van der Waals surface area contributed by atoms with E-state index in [2.05, 4.69) is 11.6 Å². The molecule has 46 valence electrons. The Bertz CT molecular complexity index is 136. The lowest BCUT2D eigenvalue weighted by molar-refractivity contribution is 1.46. The SMILES string of the molecule is [B]C/C(C=C)=C/C=NC. The summed E-state index contributed by atoms with van der Waals surface area (Å²) in [6.45, 7) is 3.57. The molecule has 0 unspecified atom stereocenters. The Balaban J connectivity index is 3.90. The molecule has 0 fully saturated rings. The summed E-state index contributed by atoms with van der Waals surface area (Å²) in [5, 5.41) is 0. The van der Waals surface area contributed by atoms with Gasteiger partial charge in [0.25, 0.3) is 0 Å². The second-order valence-electron chi connectivity index (χ2n) is 1.56. The molecule has 9 heavy (non-hydrogen) atoms.